The average Bonchev–Trinajstić information content (AvgIpc) is 3.13. The first-order valence-corrected chi connectivity index (χ1v) is 9.08. The fraction of sp³-hybridized carbons (Fsp3) is 0.632. The van der Waals surface area contributed by atoms with Gasteiger partial charge in [-0.15, -0.1) is 0 Å². The highest BCUT2D eigenvalue weighted by Crippen LogP contribution is 2.18. The van der Waals surface area contributed by atoms with Gasteiger partial charge in [0.2, 0.25) is 5.91 Å². The Bertz CT molecular complexity index is 532. The van der Waals surface area contributed by atoms with Crippen molar-refractivity contribution in [1.82, 2.24) is 10.2 Å². The fourth-order valence-corrected chi connectivity index (χ4v) is 3.46. The molecule has 1 aromatic carbocycles. The van der Waals surface area contributed by atoms with E-state index in [-0.39, 0.29) is 18.1 Å². The Labute approximate surface area is 145 Å². The largest absolute Gasteiger partial charge is 0.376 e. The molecule has 3 rings (SSSR count). The molecule has 2 heterocycles. The average molecular weight is 331 g/mol. The van der Waals surface area contributed by atoms with E-state index in [1.165, 1.54) is 11.3 Å². The zero-order valence-electron chi connectivity index (χ0n) is 14.8. The normalized spacial score (nSPS) is 23.2. The Hall–Kier alpha value is -1.59. The van der Waals surface area contributed by atoms with Crippen LogP contribution in [0.25, 0.3) is 0 Å². The first kappa shape index (κ1) is 17.2. The molecule has 0 spiro atoms. The molecule has 2 fully saturated rings. The van der Waals surface area contributed by atoms with E-state index >= 15 is 0 Å². The Morgan fingerprint density at radius 2 is 1.96 bits per heavy atom. The van der Waals surface area contributed by atoms with Gasteiger partial charge in [0.25, 0.3) is 0 Å². The van der Waals surface area contributed by atoms with Gasteiger partial charge in [-0.05, 0) is 38.8 Å². The van der Waals surface area contributed by atoms with Crippen molar-refractivity contribution in [3.05, 3.63) is 29.8 Å². The molecule has 1 amide bonds. The van der Waals surface area contributed by atoms with Gasteiger partial charge < -0.3 is 15.0 Å². The van der Waals surface area contributed by atoms with Crippen LogP contribution >= 0.6 is 0 Å². The molecular weight excluding hydrogens is 302 g/mol. The van der Waals surface area contributed by atoms with Gasteiger partial charge in [-0.1, -0.05) is 17.7 Å². The molecule has 24 heavy (non-hydrogen) atoms. The summed E-state index contributed by atoms with van der Waals surface area (Å²) in [5.41, 5.74) is 2.56. The predicted octanol–water partition coefficient (Wildman–Crippen LogP) is 1.80. The fourth-order valence-electron chi connectivity index (χ4n) is 3.46. The summed E-state index contributed by atoms with van der Waals surface area (Å²) in [4.78, 5) is 17.0. The summed E-state index contributed by atoms with van der Waals surface area (Å²) in [6, 6.07) is 8.60. The van der Waals surface area contributed by atoms with Gasteiger partial charge in [0.05, 0.1) is 12.1 Å². The van der Waals surface area contributed by atoms with Gasteiger partial charge in [0.1, 0.15) is 0 Å². The lowest BCUT2D eigenvalue weighted by Crippen LogP contribution is -2.54. The van der Waals surface area contributed by atoms with Gasteiger partial charge in [0, 0.05) is 45.0 Å². The second-order valence-corrected chi connectivity index (χ2v) is 6.91. The van der Waals surface area contributed by atoms with Gasteiger partial charge >= 0.3 is 0 Å². The first-order chi connectivity index (χ1) is 11.6. The van der Waals surface area contributed by atoms with E-state index in [0.29, 0.717) is 6.54 Å². The van der Waals surface area contributed by atoms with Crippen LogP contribution in [-0.4, -0.2) is 62.3 Å². The Kier molecular flexibility index (Phi) is 5.74. The van der Waals surface area contributed by atoms with Crippen LogP contribution in [0, 0.1) is 6.92 Å². The monoisotopic (exact) mass is 331 g/mol. The highest BCUT2D eigenvalue weighted by molar-refractivity contribution is 5.81. The molecule has 1 aromatic rings. The topological polar surface area (TPSA) is 44.8 Å². The van der Waals surface area contributed by atoms with Gasteiger partial charge in [-0.3, -0.25) is 9.69 Å². The van der Waals surface area contributed by atoms with Gasteiger partial charge in [0.15, 0.2) is 0 Å². The zero-order chi connectivity index (χ0) is 16.9. The number of anilines is 1. The van der Waals surface area contributed by atoms with Crippen LogP contribution in [0.1, 0.15) is 25.3 Å². The summed E-state index contributed by atoms with van der Waals surface area (Å²) >= 11 is 0. The van der Waals surface area contributed by atoms with E-state index in [9.17, 15) is 4.79 Å². The van der Waals surface area contributed by atoms with Crippen molar-refractivity contribution in [3.63, 3.8) is 0 Å². The summed E-state index contributed by atoms with van der Waals surface area (Å²) in [5.74, 6) is 0.120. The van der Waals surface area contributed by atoms with Gasteiger partial charge in [-0.25, -0.2) is 0 Å². The molecule has 0 bridgehead atoms. The molecule has 2 atom stereocenters. The Balaban J connectivity index is 1.44. The molecular formula is C19H29N3O2. The van der Waals surface area contributed by atoms with Crippen molar-refractivity contribution in [1.29, 1.82) is 0 Å². The van der Waals surface area contributed by atoms with E-state index in [2.05, 4.69) is 46.3 Å². The summed E-state index contributed by atoms with van der Waals surface area (Å²) in [5, 5.41) is 3.05. The number of hydrogen-bond donors (Lipinski definition) is 1. The third-order valence-electron chi connectivity index (χ3n) is 5.17. The molecule has 2 saturated heterocycles. The summed E-state index contributed by atoms with van der Waals surface area (Å²) in [6.45, 7) is 9.36. The van der Waals surface area contributed by atoms with E-state index in [1.54, 1.807) is 0 Å². The second kappa shape index (κ2) is 7.99. The van der Waals surface area contributed by atoms with Crippen molar-refractivity contribution in [3.8, 4) is 0 Å². The molecule has 0 aliphatic carbocycles. The molecule has 1 N–H and O–H groups in total. The maximum Gasteiger partial charge on any atom is 0.237 e. The van der Waals surface area contributed by atoms with Crippen LogP contribution in [0.2, 0.25) is 0 Å². The van der Waals surface area contributed by atoms with Crippen molar-refractivity contribution in [2.24, 2.45) is 0 Å². The number of rotatable bonds is 5. The molecule has 2 aliphatic heterocycles. The molecule has 0 radical (unpaired) electrons. The highest BCUT2D eigenvalue weighted by Gasteiger charge is 2.26. The number of ether oxygens (including phenoxy) is 1. The Morgan fingerprint density at radius 1 is 1.25 bits per heavy atom. The van der Waals surface area contributed by atoms with Crippen LogP contribution in [0.15, 0.2) is 24.3 Å². The second-order valence-electron chi connectivity index (χ2n) is 6.91. The maximum absolute atomic E-state index is 12.4. The lowest BCUT2D eigenvalue weighted by atomic mass is 10.1. The summed E-state index contributed by atoms with van der Waals surface area (Å²) < 4.78 is 5.56. The molecule has 5 heteroatoms. The van der Waals surface area contributed by atoms with Crippen LogP contribution < -0.4 is 10.2 Å². The quantitative estimate of drug-likeness (QED) is 0.894. The van der Waals surface area contributed by atoms with E-state index in [0.717, 1.165) is 45.6 Å². The Morgan fingerprint density at radius 3 is 2.58 bits per heavy atom. The third kappa shape index (κ3) is 4.28. The molecule has 5 nitrogen and oxygen atoms in total. The predicted molar refractivity (Wildman–Crippen MR) is 96.4 cm³/mol. The number of nitrogens with one attached hydrogen (secondary N) is 1. The molecule has 2 aliphatic rings. The number of piperazine rings is 1. The summed E-state index contributed by atoms with van der Waals surface area (Å²) in [7, 11) is 0. The van der Waals surface area contributed by atoms with E-state index in [1.807, 2.05) is 6.92 Å². The zero-order valence-corrected chi connectivity index (χ0v) is 14.8. The lowest BCUT2D eigenvalue weighted by molar-refractivity contribution is -0.126. The standard InChI is InChI=1S/C19H29N3O2/c1-15-5-7-17(8-6-15)22-11-9-21(10-12-22)16(2)19(23)20-14-18-4-3-13-24-18/h5-8,16,18H,3-4,9-14H2,1-2H3,(H,20,23). The number of nitrogens with zero attached hydrogens (tertiary/aromatic N) is 2. The molecule has 2 unspecified atom stereocenters. The minimum absolute atomic E-state index is 0.0772. The maximum atomic E-state index is 12.4. The van der Waals surface area contributed by atoms with Crippen LogP contribution in [0.4, 0.5) is 5.69 Å². The SMILES string of the molecule is Cc1ccc(N2CCN(C(C)C(=O)NCC3CCCO3)CC2)cc1. The number of hydrogen-bond acceptors (Lipinski definition) is 4. The number of amides is 1. The number of aryl methyl sites for hydroxylation is 1. The number of carbonyl (C=O) groups is 1. The summed E-state index contributed by atoms with van der Waals surface area (Å²) in [6.07, 6.45) is 2.38. The van der Waals surface area contributed by atoms with Gasteiger partial charge in [-0.2, -0.15) is 0 Å². The molecule has 0 saturated carbocycles. The van der Waals surface area contributed by atoms with Crippen molar-refractivity contribution >= 4 is 11.6 Å². The smallest absolute Gasteiger partial charge is 0.237 e. The van der Waals surface area contributed by atoms with Crippen molar-refractivity contribution in [2.45, 2.75) is 38.8 Å². The van der Waals surface area contributed by atoms with Crippen molar-refractivity contribution < 1.29 is 9.53 Å². The van der Waals surface area contributed by atoms with E-state index < -0.39 is 0 Å². The van der Waals surface area contributed by atoms with Crippen LogP contribution in [-0.2, 0) is 9.53 Å². The number of carbonyl (C=O) groups excluding carboxylic acids is 1. The third-order valence-corrected chi connectivity index (χ3v) is 5.17. The molecule has 0 aromatic heterocycles. The van der Waals surface area contributed by atoms with Crippen molar-refractivity contribution in [2.75, 3.05) is 44.2 Å². The molecule has 132 valence electrons. The van der Waals surface area contributed by atoms with Crippen LogP contribution in [0.5, 0.6) is 0 Å². The first-order valence-electron chi connectivity index (χ1n) is 9.08. The minimum atomic E-state index is -0.0772. The highest BCUT2D eigenvalue weighted by atomic mass is 16.5. The minimum Gasteiger partial charge on any atom is -0.376 e. The van der Waals surface area contributed by atoms with E-state index in [4.69, 9.17) is 4.74 Å². The van der Waals surface area contributed by atoms with Crippen LogP contribution in [0.3, 0.4) is 0 Å². The lowest BCUT2D eigenvalue weighted by Gasteiger charge is -2.38. The number of benzene rings is 1.